The van der Waals surface area contributed by atoms with Crippen LogP contribution in [0.3, 0.4) is 0 Å². The SMILES string of the molecule is Cc1ccc(CNC(=O)C(C)CCN)cc1F. The summed E-state index contributed by atoms with van der Waals surface area (Å²) in [7, 11) is 0. The molecule has 1 aromatic carbocycles. The average Bonchev–Trinajstić information content (AvgIpc) is 2.30. The molecule has 3 nitrogen and oxygen atoms in total. The molecule has 0 fully saturated rings. The number of amides is 1. The van der Waals surface area contributed by atoms with E-state index in [9.17, 15) is 9.18 Å². The summed E-state index contributed by atoms with van der Waals surface area (Å²) in [6.07, 6.45) is 0.661. The standard InChI is InChI=1S/C13H19FN2O/c1-9-3-4-11(7-12(9)14)8-16-13(17)10(2)5-6-15/h3-4,7,10H,5-6,8,15H2,1-2H3,(H,16,17). The minimum atomic E-state index is -0.244. The van der Waals surface area contributed by atoms with Gasteiger partial charge in [0.05, 0.1) is 0 Å². The van der Waals surface area contributed by atoms with Gasteiger partial charge < -0.3 is 11.1 Å². The predicted octanol–water partition coefficient (Wildman–Crippen LogP) is 1.74. The number of hydrogen-bond donors (Lipinski definition) is 2. The molecule has 1 amide bonds. The number of hydrogen-bond acceptors (Lipinski definition) is 2. The Morgan fingerprint density at radius 1 is 1.53 bits per heavy atom. The van der Waals surface area contributed by atoms with Crippen LogP contribution in [0.15, 0.2) is 18.2 Å². The van der Waals surface area contributed by atoms with E-state index in [1.807, 2.05) is 13.0 Å². The Bertz CT molecular complexity index is 393. The molecule has 0 bridgehead atoms. The topological polar surface area (TPSA) is 55.1 Å². The molecule has 94 valence electrons. The van der Waals surface area contributed by atoms with E-state index >= 15 is 0 Å². The first-order valence-corrected chi connectivity index (χ1v) is 5.77. The Morgan fingerprint density at radius 2 is 2.24 bits per heavy atom. The van der Waals surface area contributed by atoms with Gasteiger partial charge in [-0.2, -0.15) is 0 Å². The third-order valence-electron chi connectivity index (χ3n) is 2.75. The largest absolute Gasteiger partial charge is 0.352 e. The van der Waals surface area contributed by atoms with Crippen LogP contribution in [0.4, 0.5) is 4.39 Å². The van der Waals surface area contributed by atoms with Crippen LogP contribution in [0.1, 0.15) is 24.5 Å². The van der Waals surface area contributed by atoms with Crippen molar-refractivity contribution in [3.05, 3.63) is 35.1 Å². The van der Waals surface area contributed by atoms with Crippen molar-refractivity contribution in [2.45, 2.75) is 26.8 Å². The van der Waals surface area contributed by atoms with E-state index in [2.05, 4.69) is 5.32 Å². The van der Waals surface area contributed by atoms with Crippen LogP contribution in [0.2, 0.25) is 0 Å². The van der Waals surface area contributed by atoms with Gasteiger partial charge in [-0.05, 0) is 37.1 Å². The molecule has 0 aliphatic carbocycles. The predicted molar refractivity (Wildman–Crippen MR) is 65.8 cm³/mol. The molecule has 0 heterocycles. The lowest BCUT2D eigenvalue weighted by Gasteiger charge is -2.11. The maximum atomic E-state index is 13.3. The molecule has 17 heavy (non-hydrogen) atoms. The van der Waals surface area contributed by atoms with Crippen molar-refractivity contribution < 1.29 is 9.18 Å². The van der Waals surface area contributed by atoms with Gasteiger partial charge in [0, 0.05) is 12.5 Å². The molecule has 0 saturated heterocycles. The van der Waals surface area contributed by atoms with Crippen LogP contribution < -0.4 is 11.1 Å². The zero-order chi connectivity index (χ0) is 12.8. The summed E-state index contributed by atoms with van der Waals surface area (Å²) >= 11 is 0. The van der Waals surface area contributed by atoms with Gasteiger partial charge in [-0.1, -0.05) is 19.1 Å². The highest BCUT2D eigenvalue weighted by Crippen LogP contribution is 2.09. The van der Waals surface area contributed by atoms with Crippen LogP contribution in [0.25, 0.3) is 0 Å². The smallest absolute Gasteiger partial charge is 0.223 e. The normalized spacial score (nSPS) is 12.2. The number of benzene rings is 1. The summed E-state index contributed by atoms with van der Waals surface area (Å²) in [5, 5.41) is 2.77. The van der Waals surface area contributed by atoms with Crippen molar-refractivity contribution in [2.75, 3.05) is 6.54 Å². The quantitative estimate of drug-likeness (QED) is 0.821. The average molecular weight is 238 g/mol. The molecular weight excluding hydrogens is 219 g/mol. The molecule has 0 aliphatic heterocycles. The molecule has 1 aromatic rings. The monoisotopic (exact) mass is 238 g/mol. The van der Waals surface area contributed by atoms with Crippen molar-refractivity contribution in [2.24, 2.45) is 11.7 Å². The maximum absolute atomic E-state index is 13.3. The zero-order valence-corrected chi connectivity index (χ0v) is 10.3. The van der Waals surface area contributed by atoms with Crippen molar-refractivity contribution in [1.82, 2.24) is 5.32 Å². The lowest BCUT2D eigenvalue weighted by atomic mass is 10.1. The summed E-state index contributed by atoms with van der Waals surface area (Å²) in [6, 6.07) is 4.97. The molecule has 0 aliphatic rings. The van der Waals surface area contributed by atoms with E-state index in [0.29, 0.717) is 25.1 Å². The number of carbonyl (C=O) groups is 1. The summed E-state index contributed by atoms with van der Waals surface area (Å²) in [4.78, 5) is 11.6. The van der Waals surface area contributed by atoms with Crippen LogP contribution in [0.5, 0.6) is 0 Å². The van der Waals surface area contributed by atoms with Gasteiger partial charge in [-0.25, -0.2) is 4.39 Å². The van der Waals surface area contributed by atoms with E-state index in [1.165, 1.54) is 6.07 Å². The number of nitrogens with one attached hydrogen (secondary N) is 1. The summed E-state index contributed by atoms with van der Waals surface area (Å²) < 4.78 is 13.3. The van der Waals surface area contributed by atoms with Gasteiger partial charge in [0.15, 0.2) is 0 Å². The second-order valence-corrected chi connectivity index (χ2v) is 4.28. The van der Waals surface area contributed by atoms with E-state index in [1.54, 1.807) is 13.0 Å². The highest BCUT2D eigenvalue weighted by Gasteiger charge is 2.11. The van der Waals surface area contributed by atoms with Gasteiger partial charge in [0.25, 0.3) is 0 Å². The highest BCUT2D eigenvalue weighted by atomic mass is 19.1. The molecule has 1 rings (SSSR count). The Hall–Kier alpha value is -1.42. The third-order valence-corrected chi connectivity index (χ3v) is 2.75. The molecular formula is C13H19FN2O. The summed E-state index contributed by atoms with van der Waals surface area (Å²) in [6.45, 7) is 4.39. The van der Waals surface area contributed by atoms with Crippen LogP contribution in [-0.2, 0) is 11.3 Å². The minimum absolute atomic E-state index is 0.0450. The molecule has 0 saturated carbocycles. The van der Waals surface area contributed by atoms with Crippen LogP contribution in [-0.4, -0.2) is 12.5 Å². The van der Waals surface area contributed by atoms with Crippen molar-refractivity contribution >= 4 is 5.91 Å². The van der Waals surface area contributed by atoms with Gasteiger partial charge in [0.2, 0.25) is 5.91 Å². The van der Waals surface area contributed by atoms with Gasteiger partial charge in [0.1, 0.15) is 5.82 Å². The molecule has 1 atom stereocenters. The molecule has 3 N–H and O–H groups in total. The summed E-state index contributed by atoms with van der Waals surface area (Å²) in [5.41, 5.74) is 6.75. The van der Waals surface area contributed by atoms with Crippen LogP contribution >= 0.6 is 0 Å². The van der Waals surface area contributed by atoms with E-state index in [4.69, 9.17) is 5.73 Å². The minimum Gasteiger partial charge on any atom is -0.352 e. The molecule has 0 aromatic heterocycles. The van der Waals surface area contributed by atoms with Crippen LogP contribution in [0, 0.1) is 18.7 Å². The van der Waals surface area contributed by atoms with Crippen molar-refractivity contribution in [3.63, 3.8) is 0 Å². The molecule has 1 unspecified atom stereocenters. The number of carbonyl (C=O) groups excluding carboxylic acids is 1. The lowest BCUT2D eigenvalue weighted by Crippen LogP contribution is -2.30. The number of halogens is 1. The first kappa shape index (κ1) is 13.6. The third kappa shape index (κ3) is 4.15. The van der Waals surface area contributed by atoms with Gasteiger partial charge >= 0.3 is 0 Å². The van der Waals surface area contributed by atoms with Crippen molar-refractivity contribution in [1.29, 1.82) is 0 Å². The number of aryl methyl sites for hydroxylation is 1. The maximum Gasteiger partial charge on any atom is 0.223 e. The Morgan fingerprint density at radius 3 is 2.82 bits per heavy atom. The first-order chi connectivity index (χ1) is 8.04. The highest BCUT2D eigenvalue weighted by molar-refractivity contribution is 5.78. The van der Waals surface area contributed by atoms with E-state index in [0.717, 1.165) is 5.56 Å². The Labute approximate surface area is 101 Å². The Kier molecular flexibility index (Phi) is 5.10. The number of rotatable bonds is 5. The van der Waals surface area contributed by atoms with Gasteiger partial charge in [-0.3, -0.25) is 4.79 Å². The van der Waals surface area contributed by atoms with Crippen molar-refractivity contribution in [3.8, 4) is 0 Å². The van der Waals surface area contributed by atoms with E-state index in [-0.39, 0.29) is 17.6 Å². The fraction of sp³-hybridized carbons (Fsp3) is 0.462. The summed E-state index contributed by atoms with van der Waals surface area (Å²) in [5.74, 6) is -0.390. The molecule has 0 spiro atoms. The first-order valence-electron chi connectivity index (χ1n) is 5.77. The van der Waals surface area contributed by atoms with Gasteiger partial charge in [-0.15, -0.1) is 0 Å². The fourth-order valence-electron chi connectivity index (χ4n) is 1.49. The second kappa shape index (κ2) is 6.35. The lowest BCUT2D eigenvalue weighted by molar-refractivity contribution is -0.124. The Balaban J connectivity index is 2.50. The zero-order valence-electron chi connectivity index (χ0n) is 10.3. The fourth-order valence-corrected chi connectivity index (χ4v) is 1.49. The van der Waals surface area contributed by atoms with E-state index < -0.39 is 0 Å². The molecule has 4 heteroatoms. The molecule has 0 radical (unpaired) electrons. The number of nitrogens with two attached hydrogens (primary N) is 1. The second-order valence-electron chi connectivity index (χ2n) is 4.28.